The Labute approximate surface area is 463 Å². The summed E-state index contributed by atoms with van der Waals surface area (Å²) in [7, 11) is 0. The van der Waals surface area contributed by atoms with Crippen molar-refractivity contribution in [3.05, 3.63) is 228 Å². The van der Waals surface area contributed by atoms with Crippen LogP contribution < -0.4 is 21.4 Å². The summed E-state index contributed by atoms with van der Waals surface area (Å²) >= 11 is 0. The third-order valence-electron chi connectivity index (χ3n) is 15.4. The Balaban J connectivity index is 1.82. The first-order valence-corrected chi connectivity index (χ1v) is 26.2. The normalized spacial score (nSPS) is 12.8. The lowest BCUT2D eigenvalue weighted by Gasteiger charge is -2.17. The van der Waals surface area contributed by atoms with Gasteiger partial charge in [-0.15, -0.1) is 0 Å². The maximum absolute atomic E-state index is 17.2. The lowest BCUT2D eigenvalue weighted by atomic mass is 9.90. The molecule has 0 unspecified atom stereocenters. The molecule has 4 aromatic heterocycles. The van der Waals surface area contributed by atoms with Crippen molar-refractivity contribution in [2.24, 2.45) is 0 Å². The van der Waals surface area contributed by atoms with E-state index in [1.807, 2.05) is 0 Å². The Bertz CT molecular complexity index is 4030. The average Bonchev–Trinajstić information content (AvgIpc) is 1.55. The molecule has 4 nitrogen and oxygen atoms in total. The molecule has 0 saturated carbocycles. The molecule has 24 heteroatoms. The van der Waals surface area contributed by atoms with Crippen molar-refractivity contribution < 1.29 is 87.8 Å². The Hall–Kier alpha value is -7.92. The molecular formula is C60H44F20N4. The van der Waals surface area contributed by atoms with Crippen LogP contribution in [-0.4, -0.2) is 19.1 Å². The maximum atomic E-state index is 17.2. The Morgan fingerprint density at radius 3 is 0.643 bits per heavy atom. The van der Waals surface area contributed by atoms with Crippen LogP contribution >= 0.6 is 0 Å². The molecule has 0 radical (unpaired) electrons. The van der Waals surface area contributed by atoms with Gasteiger partial charge in [0.05, 0.1) is 55.0 Å². The van der Waals surface area contributed by atoms with Crippen molar-refractivity contribution >= 4 is 22.3 Å². The quantitative estimate of drug-likeness (QED) is 0.0695. The van der Waals surface area contributed by atoms with E-state index in [1.54, 1.807) is 0 Å². The molecule has 8 aromatic rings. The van der Waals surface area contributed by atoms with Gasteiger partial charge < -0.3 is 19.1 Å². The number of nitrogens with one attached hydrogen (secondary N) is 2. The first-order chi connectivity index (χ1) is 39.8. The molecule has 0 atom stereocenters. The molecule has 0 spiro atoms. The van der Waals surface area contributed by atoms with Gasteiger partial charge in [0.25, 0.3) is 0 Å². The molecule has 1 aliphatic rings. The highest BCUT2D eigenvalue weighted by Gasteiger charge is 2.39. The molecule has 84 heavy (non-hydrogen) atoms. The van der Waals surface area contributed by atoms with Gasteiger partial charge in [0.2, 0.25) is 23.3 Å². The van der Waals surface area contributed by atoms with Crippen molar-refractivity contribution in [1.29, 1.82) is 0 Å². The molecule has 0 fully saturated rings. The number of fused-ring (bicyclic) bond motifs is 8. The summed E-state index contributed by atoms with van der Waals surface area (Å²) in [6.07, 6.45) is -2.44. The number of rotatable bonds is 12. The summed E-state index contributed by atoms with van der Waals surface area (Å²) in [5.74, 6) is -51.3. The van der Waals surface area contributed by atoms with Gasteiger partial charge in [-0.1, -0.05) is 41.5 Å². The maximum Gasteiger partial charge on any atom is 0.200 e. The molecule has 444 valence electrons. The molecule has 2 N–H and O–H groups in total. The first-order valence-electron chi connectivity index (χ1n) is 26.2. The van der Waals surface area contributed by atoms with Crippen molar-refractivity contribution in [3.63, 3.8) is 0 Å². The zero-order valence-electron chi connectivity index (χ0n) is 45.3. The van der Waals surface area contributed by atoms with E-state index < -0.39 is 257 Å². The fourth-order valence-corrected chi connectivity index (χ4v) is 12.0. The Morgan fingerprint density at radius 2 is 0.440 bits per heavy atom. The summed E-state index contributed by atoms with van der Waals surface area (Å²) in [5, 5.41) is -2.50. The summed E-state index contributed by atoms with van der Waals surface area (Å²) in [4.78, 5) is 5.41. The van der Waals surface area contributed by atoms with E-state index >= 15 is 87.8 Å². The topological polar surface area (TPSA) is 41.4 Å². The van der Waals surface area contributed by atoms with E-state index in [1.165, 1.54) is 55.4 Å². The lowest BCUT2D eigenvalue weighted by Crippen LogP contribution is -2.34. The van der Waals surface area contributed by atoms with E-state index in [0.29, 0.717) is 0 Å². The van der Waals surface area contributed by atoms with Crippen molar-refractivity contribution in [2.45, 2.75) is 107 Å². The summed E-state index contributed by atoms with van der Waals surface area (Å²) in [6, 6.07) is 1.63. The molecule has 0 aliphatic carbocycles. The van der Waals surface area contributed by atoms with E-state index in [9.17, 15) is 0 Å². The van der Waals surface area contributed by atoms with Crippen LogP contribution in [0.5, 0.6) is 0 Å². The van der Waals surface area contributed by atoms with Gasteiger partial charge in [0.15, 0.2) is 93.1 Å². The van der Waals surface area contributed by atoms with E-state index in [2.05, 4.69) is 9.97 Å². The summed E-state index contributed by atoms with van der Waals surface area (Å²) in [6.45, 7) is 9.45. The van der Waals surface area contributed by atoms with Gasteiger partial charge in [0.1, 0.15) is 0 Å². The number of halogens is 20. The van der Waals surface area contributed by atoms with Gasteiger partial charge in [-0.25, -0.2) is 87.8 Å². The molecule has 1 aliphatic heterocycles. The second kappa shape index (κ2) is 22.3. The number of hydrogen-bond acceptors (Lipinski definition) is 0. The number of benzene rings is 4. The highest BCUT2D eigenvalue weighted by atomic mass is 19.2. The van der Waals surface area contributed by atoms with Crippen molar-refractivity contribution in [2.75, 3.05) is 0 Å². The second-order valence-corrected chi connectivity index (χ2v) is 19.3. The van der Waals surface area contributed by atoms with Gasteiger partial charge in [-0.2, -0.15) is 0 Å². The predicted octanol–water partition coefficient (Wildman–Crippen LogP) is 13.4. The minimum Gasteiger partial charge on any atom is -0.354 e. The van der Waals surface area contributed by atoms with Crippen LogP contribution in [0, 0.1) is 116 Å². The number of aromatic amines is 2. The van der Waals surface area contributed by atoms with Crippen molar-refractivity contribution in [1.82, 2.24) is 19.1 Å². The zero-order valence-corrected chi connectivity index (χ0v) is 45.3. The highest BCUT2D eigenvalue weighted by Crippen LogP contribution is 2.41. The molecule has 8 bridgehead atoms. The first kappa shape index (κ1) is 60.7. The second-order valence-electron chi connectivity index (χ2n) is 19.3. The minimum atomic E-state index is -2.67. The van der Waals surface area contributed by atoms with Crippen LogP contribution in [0.25, 0.3) is 22.3 Å². The van der Waals surface area contributed by atoms with Crippen LogP contribution in [0.3, 0.4) is 0 Å². The fourth-order valence-electron chi connectivity index (χ4n) is 12.0. The molecule has 5 heterocycles. The van der Waals surface area contributed by atoms with Crippen molar-refractivity contribution in [3.8, 4) is 0 Å². The van der Waals surface area contributed by atoms with Gasteiger partial charge in [-0.05, 0) is 97.9 Å². The molecule has 9 rings (SSSR count). The number of aromatic nitrogens is 4. The summed E-state index contributed by atoms with van der Waals surface area (Å²) < 4.78 is 326. The van der Waals surface area contributed by atoms with E-state index in [-0.39, 0.29) is 33.4 Å². The number of hydrogen-bond donors (Lipinski definition) is 2. The minimum absolute atomic E-state index is 0.204. The van der Waals surface area contributed by atoms with E-state index in [0.717, 1.165) is 21.3 Å². The third-order valence-corrected chi connectivity index (χ3v) is 15.4. The zero-order chi connectivity index (χ0) is 61.9. The Morgan fingerprint density at radius 1 is 0.250 bits per heavy atom. The van der Waals surface area contributed by atoms with Crippen LogP contribution in [-0.2, 0) is 51.6 Å². The highest BCUT2D eigenvalue weighted by molar-refractivity contribution is 5.89. The van der Waals surface area contributed by atoms with Gasteiger partial charge >= 0.3 is 0 Å². The fraction of sp³-hybridized carbons (Fsp3) is 0.267. The number of H-pyrrole nitrogens is 2. The SMILES string of the molecule is CCc1c2[nH]c(c1CC)C(c1c(F)c(F)c(F)c(F)c1F)=c1c(CC)c(CC)c(n1CC)=C(c1c(F)c(F)c(F)c(F)c1F)c1ccc([nH]1)C(c1c(F)c(F)c(F)c(F)c1F)=c1c(CC)c(CC)c(n1CC)=C2c1c(F)c(F)c(F)c(F)c1F. The molecular weight excluding hydrogens is 1160 g/mol. The standard InChI is InChI=1S/C60H44F20N4/c1-9-19-20(10-2)56-34(32-41(67)49(75)54(80)50(76)42(32)68)60-24(14-6)22(12-4)58(84(60)16-8)28(30-37(63)45(71)52(78)46(72)38(30)64)26-18-17-25(81-26)27(29-35(61)43(69)51(77)44(70)36(29)62)57-21(11-3)23(13-5)59(83(57)15-7)33(55(19)82-56)31-39(65)47(73)53(79)48(74)40(31)66/h17-18,81-82H,9-16H2,1-8H3. The number of nitrogens with zero attached hydrogens (tertiary/aromatic N) is 2. The third kappa shape index (κ3) is 8.40. The molecule has 0 amide bonds. The lowest BCUT2D eigenvalue weighted by molar-refractivity contribution is 0.376. The van der Waals surface area contributed by atoms with Crippen LogP contribution in [0.4, 0.5) is 87.8 Å². The average molecular weight is 1200 g/mol. The van der Waals surface area contributed by atoms with Crippen LogP contribution in [0.15, 0.2) is 12.1 Å². The van der Waals surface area contributed by atoms with Gasteiger partial charge in [0, 0.05) is 46.8 Å². The van der Waals surface area contributed by atoms with Gasteiger partial charge in [-0.3, -0.25) is 0 Å². The smallest absolute Gasteiger partial charge is 0.200 e. The monoisotopic (exact) mass is 1200 g/mol. The largest absolute Gasteiger partial charge is 0.354 e. The van der Waals surface area contributed by atoms with Crippen LogP contribution in [0.2, 0.25) is 0 Å². The molecule has 4 aromatic carbocycles. The summed E-state index contributed by atoms with van der Waals surface area (Å²) in [5.41, 5.74) is -15.5. The van der Waals surface area contributed by atoms with E-state index in [4.69, 9.17) is 0 Å². The van der Waals surface area contributed by atoms with Crippen LogP contribution in [0.1, 0.15) is 134 Å². The molecule has 0 saturated heterocycles. The predicted molar refractivity (Wildman–Crippen MR) is 268 cm³/mol. The Kier molecular flexibility index (Phi) is 16.1.